The third-order valence-corrected chi connectivity index (χ3v) is 4.44. The van der Waals surface area contributed by atoms with Crippen LogP contribution in [0.1, 0.15) is 17.7 Å². The minimum Gasteiger partial charge on any atom is -0.480 e. The number of carbonyl (C=O) groups excluding carboxylic acids is 1. The zero-order valence-corrected chi connectivity index (χ0v) is 12.4. The van der Waals surface area contributed by atoms with Gasteiger partial charge < -0.3 is 15.2 Å². The molecule has 7 heteroatoms. The maximum atomic E-state index is 11.9. The fraction of sp³-hybridized carbons (Fsp3) is 0.538. The van der Waals surface area contributed by atoms with Gasteiger partial charge in [-0.1, -0.05) is 11.6 Å². The molecule has 1 fully saturated rings. The number of thiophene rings is 1. The van der Waals surface area contributed by atoms with E-state index >= 15 is 0 Å². The average Bonchev–Trinajstić information content (AvgIpc) is 2.82. The van der Waals surface area contributed by atoms with Crippen LogP contribution in [0, 0.1) is 5.92 Å². The first-order valence-electron chi connectivity index (χ1n) is 6.40. The van der Waals surface area contributed by atoms with Gasteiger partial charge in [0.25, 0.3) is 0 Å². The molecule has 1 aliphatic heterocycles. The lowest BCUT2D eigenvalue weighted by Crippen LogP contribution is -2.48. The maximum absolute atomic E-state index is 11.9. The van der Waals surface area contributed by atoms with E-state index in [2.05, 4.69) is 5.32 Å². The highest BCUT2D eigenvalue weighted by atomic mass is 35.5. The van der Waals surface area contributed by atoms with Gasteiger partial charge in [-0.05, 0) is 25.0 Å². The van der Waals surface area contributed by atoms with Crippen LogP contribution in [0.5, 0.6) is 0 Å². The van der Waals surface area contributed by atoms with Gasteiger partial charge in [0, 0.05) is 17.4 Å². The zero-order valence-electron chi connectivity index (χ0n) is 10.8. The SMILES string of the molecule is O=C(Cc1ccc(Cl)s1)NC(C(=O)O)C1CCCOC1. The number of nitrogens with one attached hydrogen (secondary N) is 1. The number of amides is 1. The van der Waals surface area contributed by atoms with Gasteiger partial charge in [-0.25, -0.2) is 4.79 Å². The Balaban J connectivity index is 1.93. The van der Waals surface area contributed by atoms with Crippen LogP contribution in [-0.2, 0) is 20.7 Å². The molecule has 20 heavy (non-hydrogen) atoms. The van der Waals surface area contributed by atoms with Crippen molar-refractivity contribution in [2.24, 2.45) is 5.92 Å². The first-order valence-corrected chi connectivity index (χ1v) is 7.60. The second-order valence-electron chi connectivity index (χ2n) is 4.74. The molecule has 0 bridgehead atoms. The molecule has 1 aromatic rings. The van der Waals surface area contributed by atoms with Gasteiger partial charge in [0.05, 0.1) is 17.4 Å². The van der Waals surface area contributed by atoms with Gasteiger partial charge >= 0.3 is 5.97 Å². The van der Waals surface area contributed by atoms with Gasteiger partial charge in [-0.15, -0.1) is 11.3 Å². The van der Waals surface area contributed by atoms with Gasteiger partial charge in [0.2, 0.25) is 5.91 Å². The predicted octanol–water partition coefficient (Wildman–Crippen LogP) is 1.94. The first kappa shape index (κ1) is 15.3. The van der Waals surface area contributed by atoms with Gasteiger partial charge in [-0.3, -0.25) is 4.79 Å². The summed E-state index contributed by atoms with van der Waals surface area (Å²) in [6, 6.07) is 2.60. The Bertz CT molecular complexity index is 484. The Hall–Kier alpha value is -1.11. The van der Waals surface area contributed by atoms with Gasteiger partial charge in [-0.2, -0.15) is 0 Å². The Labute approximate surface area is 125 Å². The van der Waals surface area contributed by atoms with Crippen LogP contribution in [0.25, 0.3) is 0 Å². The van der Waals surface area contributed by atoms with Crippen LogP contribution in [0.2, 0.25) is 4.34 Å². The number of rotatable bonds is 5. The van der Waals surface area contributed by atoms with Gasteiger partial charge in [0.15, 0.2) is 0 Å². The molecule has 2 rings (SSSR count). The number of ether oxygens (including phenoxy) is 1. The third-order valence-electron chi connectivity index (χ3n) is 3.21. The summed E-state index contributed by atoms with van der Waals surface area (Å²) >= 11 is 7.12. The summed E-state index contributed by atoms with van der Waals surface area (Å²) in [5, 5.41) is 11.8. The number of aliphatic carboxylic acids is 1. The molecule has 0 radical (unpaired) electrons. The molecule has 0 spiro atoms. The second-order valence-corrected chi connectivity index (χ2v) is 6.54. The lowest BCUT2D eigenvalue weighted by Gasteiger charge is -2.28. The monoisotopic (exact) mass is 317 g/mol. The molecule has 0 saturated carbocycles. The van der Waals surface area contributed by atoms with Crippen LogP contribution in [0.15, 0.2) is 12.1 Å². The molecule has 1 aliphatic rings. The molecule has 1 amide bonds. The van der Waals surface area contributed by atoms with E-state index in [1.165, 1.54) is 11.3 Å². The minimum absolute atomic E-state index is 0.148. The molecule has 1 saturated heterocycles. The standard InChI is InChI=1S/C13H16ClNO4S/c14-10-4-3-9(20-10)6-11(16)15-12(13(17)18)8-2-1-5-19-7-8/h3-4,8,12H,1-2,5-7H2,(H,15,16)(H,17,18). The van der Waals surface area contributed by atoms with Crippen LogP contribution in [0.3, 0.4) is 0 Å². The molecule has 110 valence electrons. The van der Waals surface area contributed by atoms with E-state index in [9.17, 15) is 14.7 Å². The van der Waals surface area contributed by atoms with E-state index in [1.54, 1.807) is 12.1 Å². The van der Waals surface area contributed by atoms with E-state index in [0.717, 1.165) is 17.7 Å². The predicted molar refractivity (Wildman–Crippen MR) is 76.1 cm³/mol. The number of carbonyl (C=O) groups is 2. The molecule has 2 atom stereocenters. The third kappa shape index (κ3) is 4.19. The summed E-state index contributed by atoms with van der Waals surface area (Å²) in [6.45, 7) is 1.03. The minimum atomic E-state index is -1.02. The summed E-state index contributed by atoms with van der Waals surface area (Å²) in [5.74, 6) is -1.49. The summed E-state index contributed by atoms with van der Waals surface area (Å²) in [6.07, 6.45) is 1.72. The Morgan fingerprint density at radius 3 is 2.90 bits per heavy atom. The fourth-order valence-electron chi connectivity index (χ4n) is 2.24. The molecule has 2 N–H and O–H groups in total. The molecular weight excluding hydrogens is 302 g/mol. The highest BCUT2D eigenvalue weighted by molar-refractivity contribution is 7.16. The molecule has 2 heterocycles. The Morgan fingerprint density at radius 2 is 2.35 bits per heavy atom. The van der Waals surface area contributed by atoms with Crippen molar-refractivity contribution < 1.29 is 19.4 Å². The summed E-state index contributed by atoms with van der Waals surface area (Å²) in [4.78, 5) is 24.0. The topological polar surface area (TPSA) is 75.6 Å². The first-order chi connectivity index (χ1) is 9.56. The number of halogens is 1. The molecular formula is C13H16ClNO4S. The molecule has 0 aliphatic carbocycles. The summed E-state index contributed by atoms with van der Waals surface area (Å²) in [5.41, 5.74) is 0. The van der Waals surface area contributed by atoms with Crippen LogP contribution < -0.4 is 5.32 Å². The van der Waals surface area contributed by atoms with Crippen molar-refractivity contribution in [2.75, 3.05) is 13.2 Å². The fourth-order valence-corrected chi connectivity index (χ4v) is 3.33. The average molecular weight is 318 g/mol. The van der Waals surface area contributed by atoms with Crippen molar-refractivity contribution in [2.45, 2.75) is 25.3 Å². The van der Waals surface area contributed by atoms with Crippen LogP contribution in [-0.4, -0.2) is 36.2 Å². The highest BCUT2D eigenvalue weighted by Crippen LogP contribution is 2.22. The van der Waals surface area contributed by atoms with Crippen molar-refractivity contribution in [3.63, 3.8) is 0 Å². The summed E-state index contributed by atoms with van der Waals surface area (Å²) < 4.78 is 5.90. The number of hydrogen-bond acceptors (Lipinski definition) is 4. The molecule has 5 nitrogen and oxygen atoms in total. The van der Waals surface area contributed by atoms with Crippen molar-refractivity contribution in [3.8, 4) is 0 Å². The lowest BCUT2D eigenvalue weighted by atomic mass is 9.93. The second kappa shape index (κ2) is 7.06. The maximum Gasteiger partial charge on any atom is 0.326 e. The largest absolute Gasteiger partial charge is 0.480 e. The normalized spacial score (nSPS) is 20.4. The summed E-state index contributed by atoms with van der Waals surface area (Å²) in [7, 11) is 0. The van der Waals surface area contributed by atoms with Crippen molar-refractivity contribution >= 4 is 34.8 Å². The quantitative estimate of drug-likeness (QED) is 0.870. The van der Waals surface area contributed by atoms with Crippen LogP contribution in [0.4, 0.5) is 0 Å². The van der Waals surface area contributed by atoms with E-state index in [-0.39, 0.29) is 18.2 Å². The number of carboxylic acid groups (broad SMARTS) is 1. The molecule has 1 aromatic heterocycles. The van der Waals surface area contributed by atoms with Crippen molar-refractivity contribution in [3.05, 3.63) is 21.3 Å². The molecule has 2 unspecified atom stereocenters. The Kier molecular flexibility index (Phi) is 5.39. The highest BCUT2D eigenvalue weighted by Gasteiger charge is 2.31. The van der Waals surface area contributed by atoms with Crippen molar-refractivity contribution in [1.82, 2.24) is 5.32 Å². The van der Waals surface area contributed by atoms with Crippen LogP contribution >= 0.6 is 22.9 Å². The van der Waals surface area contributed by atoms with Crippen molar-refractivity contribution in [1.29, 1.82) is 0 Å². The molecule has 0 aromatic carbocycles. The van der Waals surface area contributed by atoms with Gasteiger partial charge in [0.1, 0.15) is 6.04 Å². The number of hydrogen-bond donors (Lipinski definition) is 2. The van der Waals surface area contributed by atoms with E-state index in [4.69, 9.17) is 16.3 Å². The Morgan fingerprint density at radius 1 is 1.55 bits per heavy atom. The zero-order chi connectivity index (χ0) is 14.5. The number of carboxylic acids is 1. The smallest absolute Gasteiger partial charge is 0.326 e. The van der Waals surface area contributed by atoms with E-state index in [1.807, 2.05) is 0 Å². The lowest BCUT2D eigenvalue weighted by molar-refractivity contribution is -0.145. The van der Waals surface area contributed by atoms with E-state index < -0.39 is 12.0 Å². The van der Waals surface area contributed by atoms with E-state index in [0.29, 0.717) is 17.6 Å².